The van der Waals surface area contributed by atoms with E-state index in [-0.39, 0.29) is 5.92 Å². The summed E-state index contributed by atoms with van der Waals surface area (Å²) in [4.78, 5) is 0. The van der Waals surface area contributed by atoms with Crippen LogP contribution in [0.2, 0.25) is 0 Å². The summed E-state index contributed by atoms with van der Waals surface area (Å²) < 4.78 is 5.27. The predicted octanol–water partition coefficient (Wildman–Crippen LogP) is 0.213. The molecule has 0 bridgehead atoms. The van der Waals surface area contributed by atoms with Gasteiger partial charge >= 0.3 is 0 Å². The van der Waals surface area contributed by atoms with Crippen LogP contribution < -0.4 is 11.5 Å². The van der Waals surface area contributed by atoms with Crippen molar-refractivity contribution in [3.8, 4) is 0 Å². The van der Waals surface area contributed by atoms with Crippen LogP contribution in [-0.4, -0.2) is 18.9 Å². The van der Waals surface area contributed by atoms with Crippen LogP contribution in [-0.2, 0) is 4.74 Å². The van der Waals surface area contributed by atoms with Gasteiger partial charge in [-0.3, -0.25) is 0 Å². The SMILES string of the molecule is C=CCC(CN)C1(N)CCO1. The van der Waals surface area contributed by atoms with Crippen LogP contribution in [0.1, 0.15) is 12.8 Å². The molecule has 1 aliphatic rings. The largest absolute Gasteiger partial charge is 0.360 e. The summed E-state index contributed by atoms with van der Waals surface area (Å²) in [6, 6.07) is 0. The number of nitrogens with two attached hydrogens (primary N) is 2. The Morgan fingerprint density at radius 1 is 1.73 bits per heavy atom. The zero-order chi connectivity index (χ0) is 8.32. The number of allylic oxidation sites excluding steroid dienone is 1. The lowest BCUT2D eigenvalue weighted by molar-refractivity contribution is -0.174. The van der Waals surface area contributed by atoms with E-state index in [1.165, 1.54) is 0 Å². The normalized spacial score (nSPS) is 32.5. The highest BCUT2D eigenvalue weighted by Gasteiger charge is 2.40. The summed E-state index contributed by atoms with van der Waals surface area (Å²) in [7, 11) is 0. The highest BCUT2D eigenvalue weighted by molar-refractivity contribution is 4.92. The molecule has 0 amide bonds. The molecule has 0 radical (unpaired) electrons. The Labute approximate surface area is 67.4 Å². The monoisotopic (exact) mass is 156 g/mol. The molecule has 1 heterocycles. The molecule has 2 atom stereocenters. The summed E-state index contributed by atoms with van der Waals surface area (Å²) in [5.41, 5.74) is 11.0. The third-order valence-electron chi connectivity index (χ3n) is 2.29. The molecule has 1 fully saturated rings. The van der Waals surface area contributed by atoms with Crippen molar-refractivity contribution >= 4 is 0 Å². The molecule has 3 nitrogen and oxygen atoms in total. The number of ether oxygens (including phenoxy) is 1. The quantitative estimate of drug-likeness (QED) is 0.572. The van der Waals surface area contributed by atoms with Crippen LogP contribution in [0.4, 0.5) is 0 Å². The van der Waals surface area contributed by atoms with Crippen molar-refractivity contribution in [1.29, 1.82) is 0 Å². The molecule has 0 saturated carbocycles. The van der Waals surface area contributed by atoms with E-state index in [2.05, 4.69) is 6.58 Å². The van der Waals surface area contributed by atoms with Gasteiger partial charge in [-0.15, -0.1) is 6.58 Å². The topological polar surface area (TPSA) is 61.3 Å². The number of hydrogen-bond acceptors (Lipinski definition) is 3. The highest BCUT2D eigenvalue weighted by Crippen LogP contribution is 2.30. The third-order valence-corrected chi connectivity index (χ3v) is 2.29. The van der Waals surface area contributed by atoms with Crippen molar-refractivity contribution < 1.29 is 4.74 Å². The molecule has 3 heteroatoms. The van der Waals surface area contributed by atoms with Crippen molar-refractivity contribution in [2.45, 2.75) is 18.6 Å². The maximum absolute atomic E-state index is 5.89. The predicted molar refractivity (Wildman–Crippen MR) is 44.8 cm³/mol. The Morgan fingerprint density at radius 3 is 2.64 bits per heavy atom. The van der Waals surface area contributed by atoms with Crippen LogP contribution in [0.3, 0.4) is 0 Å². The molecule has 0 aliphatic carbocycles. The van der Waals surface area contributed by atoms with E-state index < -0.39 is 5.72 Å². The maximum Gasteiger partial charge on any atom is 0.123 e. The Balaban J connectivity index is 2.45. The number of hydrogen-bond donors (Lipinski definition) is 2. The van der Waals surface area contributed by atoms with E-state index in [1.54, 1.807) is 0 Å². The van der Waals surface area contributed by atoms with Gasteiger partial charge in [0.05, 0.1) is 6.61 Å². The molecule has 1 saturated heterocycles. The zero-order valence-electron chi connectivity index (χ0n) is 6.75. The highest BCUT2D eigenvalue weighted by atomic mass is 16.5. The first-order chi connectivity index (χ1) is 5.23. The van der Waals surface area contributed by atoms with E-state index in [0.29, 0.717) is 6.54 Å². The van der Waals surface area contributed by atoms with Crippen molar-refractivity contribution in [3.05, 3.63) is 12.7 Å². The minimum Gasteiger partial charge on any atom is -0.360 e. The van der Waals surface area contributed by atoms with E-state index in [9.17, 15) is 0 Å². The summed E-state index contributed by atoms with van der Waals surface area (Å²) >= 11 is 0. The fourth-order valence-corrected chi connectivity index (χ4v) is 1.36. The van der Waals surface area contributed by atoms with E-state index >= 15 is 0 Å². The molecule has 1 aliphatic heterocycles. The van der Waals surface area contributed by atoms with Crippen molar-refractivity contribution in [3.63, 3.8) is 0 Å². The molecule has 0 spiro atoms. The Hall–Kier alpha value is -0.380. The molecular weight excluding hydrogens is 140 g/mol. The fourth-order valence-electron chi connectivity index (χ4n) is 1.36. The second kappa shape index (κ2) is 3.34. The van der Waals surface area contributed by atoms with Gasteiger partial charge in [-0.2, -0.15) is 0 Å². The summed E-state index contributed by atoms with van der Waals surface area (Å²) in [5.74, 6) is 0.230. The van der Waals surface area contributed by atoms with Crippen LogP contribution in [0.25, 0.3) is 0 Å². The van der Waals surface area contributed by atoms with Gasteiger partial charge in [0.2, 0.25) is 0 Å². The van der Waals surface area contributed by atoms with Crippen molar-refractivity contribution in [2.24, 2.45) is 17.4 Å². The Kier molecular flexibility index (Phi) is 2.65. The minimum absolute atomic E-state index is 0.230. The van der Waals surface area contributed by atoms with Gasteiger partial charge in [-0.25, -0.2) is 0 Å². The molecule has 0 aromatic carbocycles. The average Bonchev–Trinajstić information content (AvgIpc) is 1.96. The number of rotatable bonds is 4. The Bertz CT molecular complexity index is 143. The summed E-state index contributed by atoms with van der Waals surface area (Å²) in [6.07, 6.45) is 3.60. The lowest BCUT2D eigenvalue weighted by Crippen LogP contribution is -2.59. The van der Waals surface area contributed by atoms with Gasteiger partial charge in [0, 0.05) is 12.3 Å². The van der Waals surface area contributed by atoms with Crippen molar-refractivity contribution in [1.82, 2.24) is 0 Å². The first kappa shape index (κ1) is 8.71. The van der Waals surface area contributed by atoms with Gasteiger partial charge in [-0.1, -0.05) is 6.08 Å². The van der Waals surface area contributed by atoms with Crippen LogP contribution >= 0.6 is 0 Å². The third kappa shape index (κ3) is 1.61. The molecule has 64 valence electrons. The van der Waals surface area contributed by atoms with Crippen LogP contribution in [0.5, 0.6) is 0 Å². The average molecular weight is 156 g/mol. The second-order valence-corrected chi connectivity index (χ2v) is 3.01. The molecular formula is C8H16N2O. The molecule has 2 unspecified atom stereocenters. The molecule has 11 heavy (non-hydrogen) atoms. The van der Waals surface area contributed by atoms with Crippen molar-refractivity contribution in [2.75, 3.05) is 13.2 Å². The molecule has 4 N–H and O–H groups in total. The lowest BCUT2D eigenvalue weighted by atomic mass is 9.87. The smallest absolute Gasteiger partial charge is 0.123 e. The van der Waals surface area contributed by atoms with Gasteiger partial charge in [0.1, 0.15) is 5.72 Å². The molecule has 1 rings (SSSR count). The van der Waals surface area contributed by atoms with E-state index in [4.69, 9.17) is 16.2 Å². The van der Waals surface area contributed by atoms with E-state index in [1.807, 2.05) is 6.08 Å². The molecule has 0 aromatic rings. The standard InChI is InChI=1S/C8H16N2O/c1-2-3-7(6-9)8(10)4-5-11-8/h2,7H,1,3-6,9-10H2. The van der Waals surface area contributed by atoms with Gasteiger partial charge in [0.15, 0.2) is 0 Å². The maximum atomic E-state index is 5.89. The van der Waals surface area contributed by atoms with Gasteiger partial charge < -0.3 is 16.2 Å². The Morgan fingerprint density at radius 2 is 2.36 bits per heavy atom. The molecule has 0 aromatic heterocycles. The summed E-state index contributed by atoms with van der Waals surface area (Å²) in [6.45, 7) is 4.99. The van der Waals surface area contributed by atoms with Crippen LogP contribution in [0, 0.1) is 5.92 Å². The first-order valence-electron chi connectivity index (χ1n) is 3.96. The van der Waals surface area contributed by atoms with Gasteiger partial charge in [-0.05, 0) is 13.0 Å². The lowest BCUT2D eigenvalue weighted by Gasteiger charge is -2.43. The minimum atomic E-state index is -0.455. The zero-order valence-corrected chi connectivity index (χ0v) is 6.75. The second-order valence-electron chi connectivity index (χ2n) is 3.01. The first-order valence-corrected chi connectivity index (χ1v) is 3.96. The van der Waals surface area contributed by atoms with Crippen LogP contribution in [0.15, 0.2) is 12.7 Å². The summed E-state index contributed by atoms with van der Waals surface area (Å²) in [5, 5.41) is 0. The van der Waals surface area contributed by atoms with Gasteiger partial charge in [0.25, 0.3) is 0 Å². The van der Waals surface area contributed by atoms with E-state index in [0.717, 1.165) is 19.4 Å². The fraction of sp³-hybridized carbons (Fsp3) is 0.750.